The van der Waals surface area contributed by atoms with Gasteiger partial charge in [0.15, 0.2) is 5.96 Å². The van der Waals surface area contributed by atoms with Crippen LogP contribution in [0.4, 0.5) is 11.4 Å². The van der Waals surface area contributed by atoms with Gasteiger partial charge in [-0.1, -0.05) is 6.07 Å². The molecule has 0 bridgehead atoms. The predicted octanol–water partition coefficient (Wildman–Crippen LogP) is 2.28. The first-order chi connectivity index (χ1) is 7.78. The van der Waals surface area contributed by atoms with Gasteiger partial charge in [-0.25, -0.2) is 4.99 Å². The summed E-state index contributed by atoms with van der Waals surface area (Å²) < 4.78 is 0. The molecule has 0 amide bonds. The fourth-order valence-corrected chi connectivity index (χ4v) is 1.40. The largest absolute Gasteiger partial charge is 0.378 e. The number of benzene rings is 1. The summed E-state index contributed by atoms with van der Waals surface area (Å²) in [5, 5.41) is 3.09. The molecule has 0 atom stereocenters. The van der Waals surface area contributed by atoms with E-state index in [-0.39, 0.29) is 5.54 Å². The summed E-state index contributed by atoms with van der Waals surface area (Å²) in [5.74, 6) is 0.438. The Balaban J connectivity index is 2.82. The summed E-state index contributed by atoms with van der Waals surface area (Å²) in [5.41, 5.74) is 7.74. The topological polar surface area (TPSA) is 53.6 Å². The average Bonchev–Trinajstić information content (AvgIpc) is 2.14. The van der Waals surface area contributed by atoms with Crippen molar-refractivity contribution in [3.05, 3.63) is 24.3 Å². The molecule has 0 heterocycles. The van der Waals surface area contributed by atoms with Crippen molar-refractivity contribution in [2.45, 2.75) is 26.3 Å². The molecule has 0 aliphatic carbocycles. The van der Waals surface area contributed by atoms with Crippen LogP contribution in [0.1, 0.15) is 20.8 Å². The van der Waals surface area contributed by atoms with Crippen LogP contribution >= 0.6 is 0 Å². The third kappa shape index (κ3) is 4.76. The molecular formula is C13H22N4. The second-order valence-corrected chi connectivity index (χ2v) is 5.24. The van der Waals surface area contributed by atoms with Crippen LogP contribution < -0.4 is 16.0 Å². The Kier molecular flexibility index (Phi) is 3.99. The molecule has 4 nitrogen and oxygen atoms in total. The van der Waals surface area contributed by atoms with Crippen molar-refractivity contribution in [1.82, 2.24) is 0 Å². The minimum Gasteiger partial charge on any atom is -0.378 e. The maximum Gasteiger partial charge on any atom is 0.193 e. The molecule has 4 heteroatoms. The van der Waals surface area contributed by atoms with Gasteiger partial charge >= 0.3 is 0 Å². The highest BCUT2D eigenvalue weighted by molar-refractivity contribution is 5.93. The number of hydrogen-bond acceptors (Lipinski definition) is 2. The van der Waals surface area contributed by atoms with E-state index in [1.165, 1.54) is 0 Å². The Labute approximate surface area is 104 Å². The van der Waals surface area contributed by atoms with Gasteiger partial charge in [0, 0.05) is 25.5 Å². The van der Waals surface area contributed by atoms with E-state index in [0.29, 0.717) is 5.96 Å². The molecule has 0 saturated carbocycles. The van der Waals surface area contributed by atoms with Crippen molar-refractivity contribution < 1.29 is 0 Å². The van der Waals surface area contributed by atoms with Crippen LogP contribution in [0.15, 0.2) is 29.3 Å². The Morgan fingerprint density at radius 2 is 1.94 bits per heavy atom. The predicted molar refractivity (Wildman–Crippen MR) is 75.8 cm³/mol. The molecule has 1 rings (SSSR count). The smallest absolute Gasteiger partial charge is 0.193 e. The van der Waals surface area contributed by atoms with Crippen LogP contribution in [0.25, 0.3) is 0 Å². The third-order valence-electron chi connectivity index (χ3n) is 2.09. The first-order valence-electron chi connectivity index (χ1n) is 5.68. The zero-order chi connectivity index (χ0) is 13.1. The number of guanidine groups is 1. The summed E-state index contributed by atoms with van der Waals surface area (Å²) in [6.07, 6.45) is 0. The summed E-state index contributed by atoms with van der Waals surface area (Å²) in [6.45, 7) is 6.04. The standard InChI is InChI=1S/C13H22N4/c1-13(2,3)16-12(14)15-10-7-6-8-11(9-10)17(4)5/h6-9H,1-5H3,(H3,14,15,16). The molecule has 0 radical (unpaired) electrons. The first-order valence-corrected chi connectivity index (χ1v) is 5.68. The van der Waals surface area contributed by atoms with Gasteiger partial charge in [0.25, 0.3) is 0 Å². The van der Waals surface area contributed by atoms with Crippen molar-refractivity contribution in [2.24, 2.45) is 10.7 Å². The molecular weight excluding hydrogens is 212 g/mol. The van der Waals surface area contributed by atoms with Gasteiger partial charge in [-0.15, -0.1) is 0 Å². The molecule has 0 aliphatic heterocycles. The van der Waals surface area contributed by atoms with Crippen LogP contribution in [0.2, 0.25) is 0 Å². The van der Waals surface area contributed by atoms with E-state index in [0.717, 1.165) is 11.4 Å². The Morgan fingerprint density at radius 3 is 2.47 bits per heavy atom. The molecule has 1 aromatic carbocycles. The lowest BCUT2D eigenvalue weighted by Crippen LogP contribution is -2.27. The summed E-state index contributed by atoms with van der Waals surface area (Å²) in [7, 11) is 4.01. The SMILES string of the molecule is CN(C)c1cccc(NC(N)=NC(C)(C)C)c1. The van der Waals surface area contributed by atoms with E-state index in [1.54, 1.807) is 0 Å². The highest BCUT2D eigenvalue weighted by Crippen LogP contribution is 2.17. The zero-order valence-corrected chi connectivity index (χ0v) is 11.3. The monoisotopic (exact) mass is 234 g/mol. The maximum absolute atomic E-state index is 5.84. The van der Waals surface area contributed by atoms with Crippen molar-refractivity contribution in [3.8, 4) is 0 Å². The number of aliphatic imine (C=N–C) groups is 1. The van der Waals surface area contributed by atoms with Gasteiger partial charge in [0.2, 0.25) is 0 Å². The van der Waals surface area contributed by atoms with Crippen LogP contribution in [0, 0.1) is 0 Å². The van der Waals surface area contributed by atoms with E-state index >= 15 is 0 Å². The Bertz CT molecular complexity index is 402. The molecule has 94 valence electrons. The van der Waals surface area contributed by atoms with E-state index in [1.807, 2.05) is 64.0 Å². The highest BCUT2D eigenvalue weighted by atomic mass is 15.1. The molecule has 3 N–H and O–H groups in total. The van der Waals surface area contributed by atoms with Gasteiger partial charge in [0.05, 0.1) is 5.54 Å². The van der Waals surface area contributed by atoms with E-state index in [2.05, 4.69) is 10.3 Å². The van der Waals surface area contributed by atoms with Gasteiger partial charge in [-0.05, 0) is 39.0 Å². The fourth-order valence-electron chi connectivity index (χ4n) is 1.40. The van der Waals surface area contributed by atoms with Crippen molar-refractivity contribution in [3.63, 3.8) is 0 Å². The molecule has 1 aromatic rings. The Morgan fingerprint density at radius 1 is 1.29 bits per heavy atom. The molecule has 17 heavy (non-hydrogen) atoms. The van der Waals surface area contributed by atoms with E-state index in [4.69, 9.17) is 5.73 Å². The second kappa shape index (κ2) is 5.08. The van der Waals surface area contributed by atoms with Gasteiger partial charge in [-0.2, -0.15) is 0 Å². The quantitative estimate of drug-likeness (QED) is 0.609. The lowest BCUT2D eigenvalue weighted by atomic mass is 10.1. The molecule has 0 saturated heterocycles. The minimum absolute atomic E-state index is 0.170. The van der Waals surface area contributed by atoms with Crippen LogP contribution in [-0.2, 0) is 0 Å². The molecule has 0 fully saturated rings. The summed E-state index contributed by atoms with van der Waals surface area (Å²) in [4.78, 5) is 6.39. The zero-order valence-electron chi connectivity index (χ0n) is 11.3. The fraction of sp³-hybridized carbons (Fsp3) is 0.462. The van der Waals surface area contributed by atoms with Gasteiger partial charge < -0.3 is 16.0 Å². The number of hydrogen-bond donors (Lipinski definition) is 2. The van der Waals surface area contributed by atoms with Crippen LogP contribution in [0.5, 0.6) is 0 Å². The van der Waals surface area contributed by atoms with E-state index < -0.39 is 0 Å². The summed E-state index contributed by atoms with van der Waals surface area (Å²) >= 11 is 0. The van der Waals surface area contributed by atoms with Crippen molar-refractivity contribution >= 4 is 17.3 Å². The van der Waals surface area contributed by atoms with Crippen molar-refractivity contribution in [2.75, 3.05) is 24.3 Å². The molecule has 0 spiro atoms. The number of nitrogens with one attached hydrogen (secondary N) is 1. The number of anilines is 2. The van der Waals surface area contributed by atoms with Crippen LogP contribution in [0.3, 0.4) is 0 Å². The maximum atomic E-state index is 5.84. The van der Waals surface area contributed by atoms with Gasteiger partial charge in [0.1, 0.15) is 0 Å². The lowest BCUT2D eigenvalue weighted by molar-refractivity contribution is 0.583. The van der Waals surface area contributed by atoms with Crippen LogP contribution in [-0.4, -0.2) is 25.6 Å². The molecule has 0 aromatic heterocycles. The van der Waals surface area contributed by atoms with Crippen molar-refractivity contribution in [1.29, 1.82) is 0 Å². The average molecular weight is 234 g/mol. The van der Waals surface area contributed by atoms with E-state index in [9.17, 15) is 0 Å². The number of nitrogens with two attached hydrogens (primary N) is 1. The molecule has 0 aliphatic rings. The first kappa shape index (κ1) is 13.4. The normalized spacial score (nSPS) is 12.4. The van der Waals surface area contributed by atoms with Gasteiger partial charge in [-0.3, -0.25) is 0 Å². The number of rotatable bonds is 2. The second-order valence-electron chi connectivity index (χ2n) is 5.24. The highest BCUT2D eigenvalue weighted by Gasteiger charge is 2.08. The summed E-state index contributed by atoms with van der Waals surface area (Å²) in [6, 6.07) is 8.04. The number of nitrogens with zero attached hydrogens (tertiary/aromatic N) is 2. The third-order valence-corrected chi connectivity index (χ3v) is 2.09. The Hall–Kier alpha value is -1.71. The lowest BCUT2D eigenvalue weighted by Gasteiger charge is -2.16. The molecule has 0 unspecified atom stereocenters. The minimum atomic E-state index is -0.170.